The molecule has 7 nitrogen and oxygen atoms in total. The van der Waals surface area contributed by atoms with Crippen molar-refractivity contribution in [1.29, 1.82) is 0 Å². The lowest BCUT2D eigenvalue weighted by Gasteiger charge is -2.22. The molecule has 0 saturated carbocycles. The molecule has 4 rings (SSSR count). The van der Waals surface area contributed by atoms with E-state index in [1.54, 1.807) is 23.5 Å². The summed E-state index contributed by atoms with van der Waals surface area (Å²) in [7, 11) is -0.589. The zero-order valence-electron chi connectivity index (χ0n) is 17.8. The van der Waals surface area contributed by atoms with Gasteiger partial charge in [-0.3, -0.25) is 9.69 Å². The van der Waals surface area contributed by atoms with Crippen molar-refractivity contribution in [3.05, 3.63) is 53.0 Å². The van der Waals surface area contributed by atoms with E-state index in [4.69, 9.17) is 4.98 Å². The third-order valence-electron chi connectivity index (χ3n) is 5.57. The molecule has 164 valence electrons. The van der Waals surface area contributed by atoms with Gasteiger partial charge in [0, 0.05) is 19.8 Å². The van der Waals surface area contributed by atoms with Crippen molar-refractivity contribution in [2.75, 3.05) is 32.5 Å². The van der Waals surface area contributed by atoms with Crippen LogP contribution in [0.2, 0.25) is 0 Å². The van der Waals surface area contributed by atoms with Crippen molar-refractivity contribution in [2.24, 2.45) is 0 Å². The Morgan fingerprint density at radius 3 is 2.77 bits per heavy atom. The molecule has 1 aromatic heterocycles. The molecular weight excluding hydrogens is 432 g/mol. The van der Waals surface area contributed by atoms with E-state index >= 15 is 0 Å². The maximum Gasteiger partial charge on any atom is 0.242 e. The number of carbonyl (C=O) groups is 1. The summed E-state index contributed by atoms with van der Waals surface area (Å²) >= 11 is 1.68. The molecule has 0 radical (unpaired) electrons. The van der Waals surface area contributed by atoms with Crippen LogP contribution in [0.25, 0.3) is 10.2 Å². The Morgan fingerprint density at radius 1 is 1.26 bits per heavy atom. The fourth-order valence-electron chi connectivity index (χ4n) is 3.81. The zero-order valence-corrected chi connectivity index (χ0v) is 19.5. The van der Waals surface area contributed by atoms with Crippen LogP contribution in [-0.2, 0) is 14.8 Å². The fraction of sp³-hybridized carbons (Fsp3) is 0.364. The van der Waals surface area contributed by atoms with Crippen molar-refractivity contribution < 1.29 is 13.2 Å². The number of para-hydroxylation sites is 1. The highest BCUT2D eigenvalue weighted by atomic mass is 32.2. The number of thiazole rings is 1. The molecule has 1 amide bonds. The van der Waals surface area contributed by atoms with Gasteiger partial charge in [-0.2, -0.15) is 0 Å². The minimum Gasteiger partial charge on any atom is -0.325 e. The Kier molecular flexibility index (Phi) is 6.11. The third kappa shape index (κ3) is 4.50. The van der Waals surface area contributed by atoms with Crippen LogP contribution in [0, 0.1) is 6.92 Å². The first-order valence-electron chi connectivity index (χ1n) is 10.2. The number of nitrogens with zero attached hydrogens (tertiary/aromatic N) is 3. The van der Waals surface area contributed by atoms with Gasteiger partial charge in [0.15, 0.2) is 0 Å². The molecule has 1 N–H and O–H groups in total. The van der Waals surface area contributed by atoms with E-state index in [1.807, 2.05) is 25.1 Å². The average Bonchev–Trinajstić information content (AvgIpc) is 3.35. The van der Waals surface area contributed by atoms with E-state index in [0.717, 1.165) is 44.5 Å². The first kappa shape index (κ1) is 21.9. The molecule has 3 aromatic rings. The molecular formula is C22H26N4O3S2. The van der Waals surface area contributed by atoms with E-state index in [0.29, 0.717) is 5.69 Å². The van der Waals surface area contributed by atoms with Crippen LogP contribution in [0.15, 0.2) is 47.4 Å². The largest absolute Gasteiger partial charge is 0.325 e. The maximum atomic E-state index is 12.8. The molecule has 1 atom stereocenters. The highest BCUT2D eigenvalue weighted by molar-refractivity contribution is 7.89. The molecule has 2 heterocycles. The Hall–Kier alpha value is -2.33. The van der Waals surface area contributed by atoms with Gasteiger partial charge in [0.25, 0.3) is 0 Å². The van der Waals surface area contributed by atoms with Gasteiger partial charge >= 0.3 is 0 Å². The minimum absolute atomic E-state index is 0.129. The summed E-state index contributed by atoms with van der Waals surface area (Å²) in [6, 6.07) is 13.0. The van der Waals surface area contributed by atoms with Crippen LogP contribution in [0.3, 0.4) is 0 Å². The van der Waals surface area contributed by atoms with Gasteiger partial charge < -0.3 is 5.32 Å². The lowest BCUT2D eigenvalue weighted by molar-refractivity contribution is -0.117. The van der Waals surface area contributed by atoms with Crippen molar-refractivity contribution in [3.8, 4) is 0 Å². The number of sulfonamides is 1. The zero-order chi connectivity index (χ0) is 22.2. The minimum atomic E-state index is -3.57. The standard InChI is InChI=1S/C22H26N4O3S2/c1-15-10-11-16(31(28,29)25(2)3)13-18(15)23-21(27)14-26-12-6-8-19(26)22-24-17-7-4-5-9-20(17)30-22/h4-5,7,9-11,13,19H,6,8,12,14H2,1-3H3,(H,23,27)/t19-/m0/s1. The quantitative estimate of drug-likeness (QED) is 0.610. The monoisotopic (exact) mass is 458 g/mol. The molecule has 2 aromatic carbocycles. The fourth-order valence-corrected chi connectivity index (χ4v) is 5.87. The lowest BCUT2D eigenvalue weighted by Crippen LogP contribution is -2.33. The molecule has 0 spiro atoms. The van der Waals surface area contributed by atoms with Crippen molar-refractivity contribution >= 4 is 43.2 Å². The second kappa shape index (κ2) is 8.66. The molecule has 9 heteroatoms. The van der Waals surface area contributed by atoms with E-state index in [2.05, 4.69) is 16.3 Å². The normalized spacial score (nSPS) is 17.5. The number of nitrogens with one attached hydrogen (secondary N) is 1. The number of amides is 1. The number of rotatable bonds is 6. The molecule has 1 aliphatic rings. The Balaban J connectivity index is 1.49. The van der Waals surface area contributed by atoms with Crippen LogP contribution in [0.1, 0.15) is 29.5 Å². The van der Waals surface area contributed by atoms with Crippen molar-refractivity contribution in [3.63, 3.8) is 0 Å². The summed E-state index contributed by atoms with van der Waals surface area (Å²) in [5.74, 6) is -0.157. The molecule has 0 bridgehead atoms. The second-order valence-corrected chi connectivity index (χ2v) is 11.2. The van der Waals surface area contributed by atoms with Crippen LogP contribution in [0.4, 0.5) is 5.69 Å². The number of fused-ring (bicyclic) bond motifs is 1. The first-order valence-corrected chi connectivity index (χ1v) is 12.4. The van der Waals surface area contributed by atoms with Crippen LogP contribution >= 0.6 is 11.3 Å². The molecule has 1 aliphatic heterocycles. The summed E-state index contributed by atoms with van der Waals surface area (Å²) in [6.07, 6.45) is 1.99. The maximum absolute atomic E-state index is 12.8. The topological polar surface area (TPSA) is 82.6 Å². The Morgan fingerprint density at radius 2 is 2.03 bits per heavy atom. The van der Waals surface area contributed by atoms with E-state index in [1.165, 1.54) is 20.2 Å². The van der Waals surface area contributed by atoms with Crippen LogP contribution in [0.5, 0.6) is 0 Å². The molecule has 1 saturated heterocycles. The molecule has 0 aliphatic carbocycles. The highest BCUT2D eigenvalue weighted by Gasteiger charge is 2.30. The smallest absolute Gasteiger partial charge is 0.242 e. The molecule has 0 unspecified atom stereocenters. The van der Waals surface area contributed by atoms with Crippen molar-refractivity contribution in [2.45, 2.75) is 30.7 Å². The van der Waals surface area contributed by atoms with Gasteiger partial charge in [-0.05, 0) is 56.1 Å². The van der Waals surface area contributed by atoms with Gasteiger partial charge in [0.05, 0.1) is 27.7 Å². The SMILES string of the molecule is Cc1ccc(S(=O)(=O)N(C)C)cc1NC(=O)CN1CCC[C@H]1c1nc2ccccc2s1. The summed E-state index contributed by atoms with van der Waals surface area (Å²) in [6.45, 7) is 2.92. The van der Waals surface area contributed by atoms with Crippen LogP contribution < -0.4 is 5.32 Å². The summed E-state index contributed by atoms with van der Waals surface area (Å²) in [5, 5.41) is 3.95. The number of likely N-dealkylation sites (tertiary alicyclic amines) is 1. The van der Waals surface area contributed by atoms with Gasteiger partial charge in [0.2, 0.25) is 15.9 Å². The average molecular weight is 459 g/mol. The van der Waals surface area contributed by atoms with Crippen molar-refractivity contribution in [1.82, 2.24) is 14.2 Å². The van der Waals surface area contributed by atoms with Gasteiger partial charge in [-0.1, -0.05) is 18.2 Å². The summed E-state index contributed by atoms with van der Waals surface area (Å²) in [4.78, 5) is 19.9. The Bertz CT molecular complexity index is 1190. The lowest BCUT2D eigenvalue weighted by atomic mass is 10.2. The van der Waals surface area contributed by atoms with Gasteiger partial charge in [0.1, 0.15) is 5.01 Å². The van der Waals surface area contributed by atoms with E-state index in [-0.39, 0.29) is 23.4 Å². The molecule has 31 heavy (non-hydrogen) atoms. The van der Waals surface area contributed by atoms with E-state index < -0.39 is 10.0 Å². The number of anilines is 1. The number of aromatic nitrogens is 1. The first-order chi connectivity index (χ1) is 14.8. The number of hydrogen-bond acceptors (Lipinski definition) is 6. The second-order valence-electron chi connectivity index (χ2n) is 7.96. The van der Waals surface area contributed by atoms with Gasteiger partial charge in [-0.15, -0.1) is 11.3 Å². The number of carbonyl (C=O) groups excluding carboxylic acids is 1. The Labute approximate surface area is 186 Å². The predicted octanol–water partition coefficient (Wildman–Crippen LogP) is 3.63. The third-order valence-corrected chi connectivity index (χ3v) is 8.52. The number of benzene rings is 2. The highest BCUT2D eigenvalue weighted by Crippen LogP contribution is 2.36. The van der Waals surface area contributed by atoms with Crippen LogP contribution in [-0.4, -0.2) is 55.7 Å². The summed E-state index contributed by atoms with van der Waals surface area (Å²) < 4.78 is 27.2. The number of aryl methyl sites for hydroxylation is 1. The number of hydrogen-bond donors (Lipinski definition) is 1. The predicted molar refractivity (Wildman–Crippen MR) is 124 cm³/mol. The van der Waals surface area contributed by atoms with Gasteiger partial charge in [-0.25, -0.2) is 17.7 Å². The van der Waals surface area contributed by atoms with E-state index in [9.17, 15) is 13.2 Å². The molecule has 1 fully saturated rings. The summed E-state index contributed by atoms with van der Waals surface area (Å²) in [5.41, 5.74) is 2.33.